The van der Waals surface area contributed by atoms with Gasteiger partial charge in [0.15, 0.2) is 0 Å². The first-order chi connectivity index (χ1) is 10.5. The number of nitro groups is 1. The average Bonchev–Trinajstić information content (AvgIpc) is 3.12. The summed E-state index contributed by atoms with van der Waals surface area (Å²) in [6, 6.07) is 9.95. The molecule has 1 N–H and O–H groups in total. The van der Waals surface area contributed by atoms with E-state index in [1.54, 1.807) is 0 Å². The van der Waals surface area contributed by atoms with Crippen molar-refractivity contribution in [1.82, 2.24) is 4.72 Å². The minimum atomic E-state index is -3.76. The second-order valence-electron chi connectivity index (χ2n) is 4.75. The van der Waals surface area contributed by atoms with Crippen molar-refractivity contribution in [3.8, 4) is 5.75 Å². The van der Waals surface area contributed by atoms with Gasteiger partial charge in [0, 0.05) is 19.0 Å². The average molecular weight is 340 g/mol. The number of benzene rings is 1. The molecule has 116 valence electrons. The lowest BCUT2D eigenvalue weighted by Gasteiger charge is -2.11. The molecule has 0 spiro atoms. The first-order valence-electron chi connectivity index (χ1n) is 6.44. The molecule has 1 atom stereocenters. The van der Waals surface area contributed by atoms with Crippen molar-refractivity contribution < 1.29 is 18.1 Å². The molecule has 2 heterocycles. The molecule has 3 rings (SSSR count). The molecule has 7 nitrogen and oxygen atoms in total. The Bertz CT molecular complexity index is 790. The van der Waals surface area contributed by atoms with Crippen LogP contribution in [-0.2, 0) is 16.4 Å². The summed E-state index contributed by atoms with van der Waals surface area (Å²) in [7, 11) is -3.76. The summed E-state index contributed by atoms with van der Waals surface area (Å²) in [6.45, 7) is 0.114. The molecule has 0 amide bonds. The van der Waals surface area contributed by atoms with Gasteiger partial charge >= 0.3 is 5.00 Å². The third kappa shape index (κ3) is 2.96. The van der Waals surface area contributed by atoms with Gasteiger partial charge in [-0.05, 0) is 29.0 Å². The maximum absolute atomic E-state index is 12.1. The van der Waals surface area contributed by atoms with E-state index < -0.39 is 14.9 Å². The molecule has 9 heteroatoms. The van der Waals surface area contributed by atoms with Crippen LogP contribution in [0.2, 0.25) is 0 Å². The van der Waals surface area contributed by atoms with Crippen LogP contribution in [0.4, 0.5) is 5.00 Å². The fraction of sp³-hybridized carbons (Fsp3) is 0.231. The number of hydrogen-bond acceptors (Lipinski definition) is 6. The quantitative estimate of drug-likeness (QED) is 0.662. The summed E-state index contributed by atoms with van der Waals surface area (Å²) < 4.78 is 32.3. The second-order valence-corrected chi connectivity index (χ2v) is 7.81. The van der Waals surface area contributed by atoms with Crippen LogP contribution >= 0.6 is 11.3 Å². The fourth-order valence-electron chi connectivity index (χ4n) is 2.19. The van der Waals surface area contributed by atoms with Gasteiger partial charge in [0.2, 0.25) is 10.0 Å². The molecule has 0 saturated carbocycles. The van der Waals surface area contributed by atoms with Crippen LogP contribution in [0.5, 0.6) is 5.75 Å². The number of nitrogens with one attached hydrogen (secondary N) is 1. The van der Waals surface area contributed by atoms with Gasteiger partial charge in [-0.2, -0.15) is 0 Å². The summed E-state index contributed by atoms with van der Waals surface area (Å²) in [4.78, 5) is 10.0. The maximum atomic E-state index is 12.1. The molecule has 1 aliphatic rings. The monoisotopic (exact) mass is 340 g/mol. The van der Waals surface area contributed by atoms with E-state index >= 15 is 0 Å². The number of sulfonamides is 1. The van der Waals surface area contributed by atoms with Crippen molar-refractivity contribution >= 4 is 26.4 Å². The van der Waals surface area contributed by atoms with Crippen LogP contribution in [-0.4, -0.2) is 26.0 Å². The predicted octanol–water partition coefficient (Wildman–Crippen LogP) is 1.94. The van der Waals surface area contributed by atoms with Gasteiger partial charge < -0.3 is 4.74 Å². The molecule has 1 unspecified atom stereocenters. The lowest BCUT2D eigenvalue weighted by atomic mass is 10.1. The molecule has 2 aromatic rings. The SMILES string of the molecule is O=[N+]([O-])c1ccc(S(=O)(=O)NCC2Cc3ccccc3O2)s1. The van der Waals surface area contributed by atoms with Crippen molar-refractivity contribution in [2.24, 2.45) is 0 Å². The van der Waals surface area contributed by atoms with Crippen molar-refractivity contribution in [1.29, 1.82) is 0 Å². The zero-order chi connectivity index (χ0) is 15.7. The summed E-state index contributed by atoms with van der Waals surface area (Å²) in [5, 5.41) is 10.4. The highest BCUT2D eigenvalue weighted by Crippen LogP contribution is 2.29. The Hall–Kier alpha value is -1.97. The largest absolute Gasteiger partial charge is 0.488 e. The predicted molar refractivity (Wildman–Crippen MR) is 80.7 cm³/mol. The lowest BCUT2D eigenvalue weighted by molar-refractivity contribution is -0.380. The fourth-order valence-corrected chi connectivity index (χ4v) is 4.41. The third-order valence-corrected chi connectivity index (χ3v) is 6.18. The topological polar surface area (TPSA) is 98.5 Å². The Morgan fingerprint density at radius 1 is 1.32 bits per heavy atom. The van der Waals surface area contributed by atoms with E-state index in [0.29, 0.717) is 17.8 Å². The maximum Gasteiger partial charge on any atom is 0.325 e. The van der Waals surface area contributed by atoms with Gasteiger partial charge in [-0.3, -0.25) is 10.1 Å². The first-order valence-corrected chi connectivity index (χ1v) is 8.74. The normalized spacial score (nSPS) is 17.0. The van der Waals surface area contributed by atoms with Crippen molar-refractivity contribution in [3.63, 3.8) is 0 Å². The Balaban J connectivity index is 1.65. The smallest absolute Gasteiger partial charge is 0.325 e. The van der Waals surface area contributed by atoms with Crippen LogP contribution in [0.15, 0.2) is 40.6 Å². The Morgan fingerprint density at radius 2 is 2.09 bits per heavy atom. The van der Waals surface area contributed by atoms with Gasteiger partial charge in [-0.1, -0.05) is 18.2 Å². The van der Waals surface area contributed by atoms with Crippen LogP contribution in [0, 0.1) is 10.1 Å². The minimum absolute atomic E-state index is 0.0743. The zero-order valence-electron chi connectivity index (χ0n) is 11.3. The molecule has 0 aliphatic carbocycles. The van der Waals surface area contributed by atoms with Crippen LogP contribution in [0.3, 0.4) is 0 Å². The van der Waals surface area contributed by atoms with Gasteiger partial charge in [-0.15, -0.1) is 0 Å². The minimum Gasteiger partial charge on any atom is -0.488 e. The van der Waals surface area contributed by atoms with Crippen LogP contribution in [0.25, 0.3) is 0 Å². The van der Waals surface area contributed by atoms with Crippen LogP contribution < -0.4 is 9.46 Å². The number of thiophene rings is 1. The van der Waals surface area contributed by atoms with E-state index in [1.807, 2.05) is 24.3 Å². The Morgan fingerprint density at radius 3 is 2.77 bits per heavy atom. The number of nitrogens with zero attached hydrogens (tertiary/aromatic N) is 1. The van der Waals surface area contributed by atoms with Gasteiger partial charge in [0.05, 0.1) is 4.92 Å². The number of ether oxygens (including phenoxy) is 1. The van der Waals surface area contributed by atoms with E-state index in [1.165, 1.54) is 12.1 Å². The third-order valence-electron chi connectivity index (χ3n) is 3.23. The number of fused-ring (bicyclic) bond motifs is 1. The molecule has 1 aromatic heterocycles. The number of rotatable bonds is 5. The van der Waals surface area contributed by atoms with Crippen molar-refractivity contribution in [3.05, 3.63) is 52.1 Å². The second kappa shape index (κ2) is 5.67. The van der Waals surface area contributed by atoms with Crippen molar-refractivity contribution in [2.45, 2.75) is 16.7 Å². The van der Waals surface area contributed by atoms with Crippen molar-refractivity contribution in [2.75, 3.05) is 6.54 Å². The summed E-state index contributed by atoms with van der Waals surface area (Å²) in [5.74, 6) is 0.762. The molecule has 1 aromatic carbocycles. The standard InChI is InChI=1S/C13H12N2O5S2/c16-15(17)12-5-6-13(21-12)22(18,19)14-8-10-7-9-3-1-2-4-11(9)20-10/h1-6,10,14H,7-8H2. The van der Waals surface area contributed by atoms with E-state index in [4.69, 9.17) is 4.74 Å². The molecule has 0 radical (unpaired) electrons. The van der Waals surface area contributed by atoms with E-state index in [9.17, 15) is 18.5 Å². The van der Waals surface area contributed by atoms with Crippen LogP contribution in [0.1, 0.15) is 5.56 Å². The molecule has 1 aliphatic heterocycles. The van der Waals surface area contributed by atoms with E-state index in [-0.39, 0.29) is 21.9 Å². The number of para-hydroxylation sites is 1. The van der Waals surface area contributed by atoms with Gasteiger partial charge in [-0.25, -0.2) is 13.1 Å². The summed E-state index contributed by atoms with van der Waals surface area (Å²) in [5.41, 5.74) is 1.04. The summed E-state index contributed by atoms with van der Waals surface area (Å²) >= 11 is 0.627. The molecular weight excluding hydrogens is 328 g/mol. The highest BCUT2D eigenvalue weighted by atomic mass is 32.2. The molecular formula is C13H12N2O5S2. The summed E-state index contributed by atoms with van der Waals surface area (Å²) in [6.07, 6.45) is 0.352. The van der Waals surface area contributed by atoms with Gasteiger partial charge in [0.25, 0.3) is 0 Å². The molecule has 0 saturated heterocycles. The zero-order valence-corrected chi connectivity index (χ0v) is 12.9. The molecule has 0 bridgehead atoms. The van der Waals surface area contributed by atoms with E-state index in [2.05, 4.69) is 4.72 Å². The Kier molecular flexibility index (Phi) is 3.85. The molecule has 22 heavy (non-hydrogen) atoms. The highest BCUT2D eigenvalue weighted by Gasteiger charge is 2.26. The van der Waals surface area contributed by atoms with E-state index in [0.717, 1.165) is 11.3 Å². The highest BCUT2D eigenvalue weighted by molar-refractivity contribution is 7.91. The first kappa shape index (κ1) is 14.9. The number of hydrogen-bond donors (Lipinski definition) is 1. The van der Waals surface area contributed by atoms with Gasteiger partial charge in [0.1, 0.15) is 16.1 Å². The Labute approximate surface area is 130 Å². The lowest BCUT2D eigenvalue weighted by Crippen LogP contribution is -2.34. The molecule has 0 fully saturated rings.